The Morgan fingerprint density at radius 1 is 1.69 bits per heavy atom. The van der Waals surface area contributed by atoms with Gasteiger partial charge in [0.05, 0.1) is 0 Å². The molecule has 0 spiro atoms. The van der Waals surface area contributed by atoms with Crippen molar-refractivity contribution in [1.82, 2.24) is 25.6 Å². The van der Waals surface area contributed by atoms with Gasteiger partial charge in [0, 0.05) is 33.9 Å². The van der Waals surface area contributed by atoms with Crippen LogP contribution in [0.1, 0.15) is 11.9 Å². The molecule has 8 nitrogen and oxygen atoms in total. The van der Waals surface area contributed by atoms with Gasteiger partial charge in [-0.2, -0.15) is 0 Å². The molecule has 1 unspecified atom stereocenters. The zero-order valence-corrected chi connectivity index (χ0v) is 9.53. The molecule has 2 rings (SSSR count). The van der Waals surface area contributed by atoms with Crippen molar-refractivity contribution in [2.24, 2.45) is 4.58 Å². The number of H-pyrrole nitrogens is 1. The molecule has 84 valence electrons. The highest BCUT2D eigenvalue weighted by molar-refractivity contribution is 7.97. The standard InChI is InChI=1S/C6H7N7OS2/c14-13-16-3-4(5-9-11-12-10-5)8-6-7-1-2-15-6/h1-2,4H,3H2,(H,7,8)(H,9,10,11,12). The van der Waals surface area contributed by atoms with Gasteiger partial charge in [-0.05, 0) is 10.4 Å². The number of aromatic nitrogens is 5. The topological polar surface area (TPSA) is 109 Å². The van der Waals surface area contributed by atoms with Crippen LogP contribution in [0.2, 0.25) is 0 Å². The molecule has 2 heterocycles. The van der Waals surface area contributed by atoms with Crippen LogP contribution < -0.4 is 5.32 Å². The molecule has 0 amide bonds. The average Bonchev–Trinajstić information content (AvgIpc) is 2.96. The fourth-order valence-electron chi connectivity index (χ4n) is 1.05. The minimum Gasteiger partial charge on any atom is -0.351 e. The first-order valence-electron chi connectivity index (χ1n) is 4.24. The van der Waals surface area contributed by atoms with Crippen LogP contribution in [-0.4, -0.2) is 31.4 Å². The van der Waals surface area contributed by atoms with Gasteiger partial charge < -0.3 is 5.32 Å². The van der Waals surface area contributed by atoms with Crippen molar-refractivity contribution < 1.29 is 0 Å². The van der Waals surface area contributed by atoms with Gasteiger partial charge in [-0.1, -0.05) is 0 Å². The molecule has 0 aliphatic rings. The minimum absolute atomic E-state index is 0.219. The molecule has 0 aromatic carbocycles. The maximum absolute atomic E-state index is 10.1. The maximum Gasteiger partial charge on any atom is 0.183 e. The van der Waals surface area contributed by atoms with Crippen molar-refractivity contribution in [1.29, 1.82) is 0 Å². The van der Waals surface area contributed by atoms with Gasteiger partial charge in [-0.25, -0.2) is 10.1 Å². The monoisotopic (exact) mass is 257 g/mol. The van der Waals surface area contributed by atoms with E-state index in [1.54, 1.807) is 6.20 Å². The van der Waals surface area contributed by atoms with Gasteiger partial charge in [-0.3, -0.25) is 0 Å². The summed E-state index contributed by atoms with van der Waals surface area (Å²) in [5.74, 6) is 0.978. The molecule has 2 N–H and O–H groups in total. The second kappa shape index (κ2) is 5.51. The first-order chi connectivity index (χ1) is 7.90. The summed E-state index contributed by atoms with van der Waals surface area (Å²) in [6.07, 6.45) is 1.69. The van der Waals surface area contributed by atoms with E-state index < -0.39 is 0 Å². The Kier molecular flexibility index (Phi) is 3.77. The fourth-order valence-corrected chi connectivity index (χ4v) is 2.09. The van der Waals surface area contributed by atoms with Gasteiger partial charge >= 0.3 is 0 Å². The number of nitrogens with zero attached hydrogens (tertiary/aromatic N) is 5. The average molecular weight is 257 g/mol. The molecule has 0 fully saturated rings. The summed E-state index contributed by atoms with van der Waals surface area (Å²) in [5, 5.41) is 19.1. The van der Waals surface area contributed by atoms with Crippen molar-refractivity contribution in [3.63, 3.8) is 0 Å². The normalized spacial score (nSPS) is 12.2. The van der Waals surface area contributed by atoms with Crippen LogP contribution in [0.3, 0.4) is 0 Å². The van der Waals surface area contributed by atoms with Crippen molar-refractivity contribution in [3.05, 3.63) is 22.3 Å². The lowest BCUT2D eigenvalue weighted by molar-refractivity contribution is 0.802. The first kappa shape index (κ1) is 11.0. The molecule has 0 aliphatic carbocycles. The van der Waals surface area contributed by atoms with Crippen LogP contribution >= 0.6 is 23.3 Å². The molecule has 0 bridgehead atoms. The zero-order valence-electron chi connectivity index (χ0n) is 7.90. The van der Waals surface area contributed by atoms with Crippen molar-refractivity contribution in [2.75, 3.05) is 11.1 Å². The largest absolute Gasteiger partial charge is 0.351 e. The van der Waals surface area contributed by atoms with E-state index in [1.807, 2.05) is 5.38 Å². The highest BCUT2D eigenvalue weighted by Gasteiger charge is 2.16. The predicted molar refractivity (Wildman–Crippen MR) is 60.9 cm³/mol. The van der Waals surface area contributed by atoms with Gasteiger partial charge in [0.2, 0.25) is 0 Å². The van der Waals surface area contributed by atoms with Crippen LogP contribution in [0.4, 0.5) is 5.13 Å². The Morgan fingerprint density at radius 2 is 2.62 bits per heavy atom. The predicted octanol–water partition coefficient (Wildman–Crippen LogP) is 1.22. The number of aromatic amines is 1. The first-order valence-corrected chi connectivity index (χ1v) is 6.06. The molecule has 16 heavy (non-hydrogen) atoms. The van der Waals surface area contributed by atoms with Gasteiger partial charge in [0.1, 0.15) is 6.04 Å². The van der Waals surface area contributed by atoms with Crippen molar-refractivity contribution in [2.45, 2.75) is 6.04 Å². The Bertz CT molecular complexity index is 416. The van der Waals surface area contributed by atoms with E-state index in [0.717, 1.165) is 17.1 Å². The fraction of sp³-hybridized carbons (Fsp3) is 0.333. The Morgan fingerprint density at radius 3 is 3.25 bits per heavy atom. The third kappa shape index (κ3) is 2.73. The maximum atomic E-state index is 10.1. The second-order valence-electron chi connectivity index (χ2n) is 2.69. The van der Waals surface area contributed by atoms with Gasteiger partial charge in [0.25, 0.3) is 0 Å². The van der Waals surface area contributed by atoms with Crippen LogP contribution in [0, 0.1) is 4.91 Å². The van der Waals surface area contributed by atoms with E-state index in [0.29, 0.717) is 11.6 Å². The molecule has 0 radical (unpaired) electrons. The van der Waals surface area contributed by atoms with E-state index >= 15 is 0 Å². The van der Waals surface area contributed by atoms with E-state index in [2.05, 4.69) is 35.5 Å². The lowest BCUT2D eigenvalue weighted by Crippen LogP contribution is -2.14. The molecule has 0 saturated heterocycles. The van der Waals surface area contributed by atoms with E-state index in [4.69, 9.17) is 0 Å². The summed E-state index contributed by atoms with van der Waals surface area (Å²) in [4.78, 5) is 14.2. The Balaban J connectivity index is 2.05. The lowest BCUT2D eigenvalue weighted by Gasteiger charge is -2.11. The number of nitrogens with one attached hydrogen (secondary N) is 2. The molecule has 10 heteroatoms. The summed E-state index contributed by atoms with van der Waals surface area (Å²) in [5.41, 5.74) is 0. The number of thiazole rings is 1. The summed E-state index contributed by atoms with van der Waals surface area (Å²) >= 11 is 2.36. The molecule has 0 aliphatic heterocycles. The van der Waals surface area contributed by atoms with Crippen LogP contribution in [-0.2, 0) is 0 Å². The molecule has 2 aromatic rings. The molecule has 2 aromatic heterocycles. The number of hydrogen-bond donors (Lipinski definition) is 2. The third-order valence-electron chi connectivity index (χ3n) is 1.72. The summed E-state index contributed by atoms with van der Waals surface area (Å²) in [6, 6.07) is -0.219. The summed E-state index contributed by atoms with van der Waals surface area (Å²) in [6.45, 7) is 0. The number of rotatable bonds is 6. The zero-order chi connectivity index (χ0) is 11.2. The molecule has 0 saturated carbocycles. The molecule has 1 atom stereocenters. The Hall–Kier alpha value is -1.55. The number of tetrazole rings is 1. The number of nitroso groups, excluding NO2 is 1. The molecular weight excluding hydrogens is 250 g/mol. The highest BCUT2D eigenvalue weighted by Crippen LogP contribution is 2.22. The van der Waals surface area contributed by atoms with E-state index in [9.17, 15) is 4.91 Å². The van der Waals surface area contributed by atoms with Crippen molar-refractivity contribution in [3.8, 4) is 0 Å². The highest BCUT2D eigenvalue weighted by atomic mass is 32.2. The van der Waals surface area contributed by atoms with E-state index in [-0.39, 0.29) is 6.04 Å². The lowest BCUT2D eigenvalue weighted by atomic mass is 10.3. The van der Waals surface area contributed by atoms with Crippen LogP contribution in [0.25, 0.3) is 0 Å². The SMILES string of the molecule is O=NSCC(Nc1nccs1)c1nnn[nH]1. The quantitative estimate of drug-likeness (QED) is 0.591. The molecular formula is C6H7N7OS2. The Labute approximate surface area is 98.4 Å². The van der Waals surface area contributed by atoms with E-state index in [1.165, 1.54) is 11.3 Å². The third-order valence-corrected chi connectivity index (χ3v) is 3.01. The van der Waals surface area contributed by atoms with Crippen LogP contribution in [0.5, 0.6) is 0 Å². The van der Waals surface area contributed by atoms with Gasteiger partial charge in [0.15, 0.2) is 11.0 Å². The summed E-state index contributed by atoms with van der Waals surface area (Å²) in [7, 11) is 0. The number of hydrogen-bond acceptors (Lipinski definition) is 9. The minimum atomic E-state index is -0.219. The van der Waals surface area contributed by atoms with Crippen molar-refractivity contribution >= 4 is 28.4 Å². The van der Waals surface area contributed by atoms with Crippen LogP contribution in [0.15, 0.2) is 16.2 Å². The number of anilines is 1. The second-order valence-corrected chi connectivity index (χ2v) is 4.33. The van der Waals surface area contributed by atoms with Gasteiger partial charge in [-0.15, -0.1) is 21.3 Å². The summed E-state index contributed by atoms with van der Waals surface area (Å²) < 4.78 is 2.74. The smallest absolute Gasteiger partial charge is 0.183 e.